The molecule has 14 heteroatoms. The summed E-state index contributed by atoms with van der Waals surface area (Å²) in [6.07, 6.45) is -3.73. The summed E-state index contributed by atoms with van der Waals surface area (Å²) in [6.45, 7) is 1.97. The third kappa shape index (κ3) is 5.21. The van der Waals surface area contributed by atoms with Crippen molar-refractivity contribution in [2.45, 2.75) is 6.18 Å². The van der Waals surface area contributed by atoms with Gasteiger partial charge in [0, 0.05) is 30.5 Å². The van der Waals surface area contributed by atoms with Gasteiger partial charge in [0.1, 0.15) is 17.3 Å². The number of nitrogens with zero attached hydrogens (tertiary/aromatic N) is 2. The molecule has 0 unspecified atom stereocenters. The Labute approximate surface area is 200 Å². The summed E-state index contributed by atoms with van der Waals surface area (Å²) in [7, 11) is 0. The van der Waals surface area contributed by atoms with Crippen molar-refractivity contribution in [2.75, 3.05) is 30.7 Å². The Morgan fingerprint density at radius 3 is 2.53 bits per heavy atom. The van der Waals surface area contributed by atoms with E-state index in [0.717, 1.165) is 42.8 Å². The van der Waals surface area contributed by atoms with Crippen LogP contribution in [-0.2, 0) is 6.18 Å². The topological polar surface area (TPSA) is 102 Å². The first-order valence-electron chi connectivity index (χ1n) is 9.56. The number of anilines is 2. The number of ether oxygens (including phenoxy) is 1. The lowest BCUT2D eigenvalue weighted by atomic mass is 10.0. The zero-order chi connectivity index (χ0) is 23.8. The number of benzene rings is 1. The third-order valence-corrected chi connectivity index (χ3v) is 5.59. The number of carbonyl (C=O) groups is 1. The number of halogens is 6. The maximum atomic E-state index is 14.3. The van der Waals surface area contributed by atoms with Crippen LogP contribution in [-0.4, -0.2) is 35.0 Å². The number of pyridine rings is 1. The lowest BCUT2D eigenvalue weighted by Crippen LogP contribution is -2.45. The Morgan fingerprint density at radius 1 is 1.26 bits per heavy atom. The normalized spacial score (nSPS) is 13.7. The zero-order valence-corrected chi connectivity index (χ0v) is 18.7. The van der Waals surface area contributed by atoms with E-state index < -0.39 is 51.9 Å². The molecule has 3 aromatic rings. The number of carbonyl (C=O) groups excluding carboxylic acids is 1. The molecule has 0 spiro atoms. The molecule has 34 heavy (non-hydrogen) atoms. The minimum absolute atomic E-state index is 0. The van der Waals surface area contributed by atoms with Crippen molar-refractivity contribution >= 4 is 41.2 Å². The van der Waals surface area contributed by atoms with Crippen LogP contribution < -0.4 is 21.1 Å². The van der Waals surface area contributed by atoms with Crippen molar-refractivity contribution < 1.29 is 31.5 Å². The fraction of sp³-hybridized carbons (Fsp3) is 0.250. The highest BCUT2D eigenvalue weighted by Crippen LogP contribution is 2.40. The van der Waals surface area contributed by atoms with Crippen molar-refractivity contribution in [1.29, 1.82) is 0 Å². The van der Waals surface area contributed by atoms with Gasteiger partial charge in [0.05, 0.1) is 35.3 Å². The molecule has 0 bridgehead atoms. The molecule has 0 aliphatic carbocycles. The van der Waals surface area contributed by atoms with Crippen LogP contribution in [0.1, 0.15) is 16.1 Å². The fourth-order valence-electron chi connectivity index (χ4n) is 3.10. The van der Waals surface area contributed by atoms with Gasteiger partial charge in [0.25, 0.3) is 5.91 Å². The molecule has 182 valence electrons. The summed E-state index contributed by atoms with van der Waals surface area (Å²) in [5.74, 6) is -3.23. The van der Waals surface area contributed by atoms with E-state index in [-0.39, 0.29) is 18.1 Å². The zero-order valence-electron chi connectivity index (χ0n) is 17.1. The quantitative estimate of drug-likeness (QED) is 0.417. The van der Waals surface area contributed by atoms with Gasteiger partial charge in [-0.25, -0.2) is 13.8 Å². The van der Waals surface area contributed by atoms with Crippen molar-refractivity contribution in [3.8, 4) is 16.3 Å². The van der Waals surface area contributed by atoms with E-state index in [2.05, 4.69) is 20.0 Å². The van der Waals surface area contributed by atoms with Crippen LogP contribution in [0.4, 0.5) is 33.3 Å². The van der Waals surface area contributed by atoms with Crippen molar-refractivity contribution in [2.24, 2.45) is 5.92 Å². The number of hydrogen-bond acceptors (Lipinski definition) is 7. The van der Waals surface area contributed by atoms with E-state index >= 15 is 0 Å². The number of alkyl halides is 3. The van der Waals surface area contributed by atoms with E-state index in [9.17, 15) is 26.7 Å². The highest BCUT2D eigenvalue weighted by atomic mass is 35.5. The Morgan fingerprint density at radius 2 is 1.94 bits per heavy atom. The second-order valence-corrected chi connectivity index (χ2v) is 8.00. The van der Waals surface area contributed by atoms with Crippen LogP contribution in [0.3, 0.4) is 0 Å². The molecule has 1 fully saturated rings. The molecule has 0 atom stereocenters. The molecule has 1 saturated heterocycles. The number of nitrogen functional groups attached to an aromatic ring is 1. The van der Waals surface area contributed by atoms with Crippen LogP contribution >= 0.6 is 23.9 Å². The average Bonchev–Trinajstić information content (AvgIpc) is 3.13. The summed E-state index contributed by atoms with van der Waals surface area (Å²) in [5.41, 5.74) is 0.995. The van der Waals surface area contributed by atoms with Crippen molar-refractivity contribution in [3.63, 3.8) is 0 Å². The first-order valence-corrected chi connectivity index (χ1v) is 10.3. The third-order valence-electron chi connectivity index (χ3n) is 4.87. The molecule has 1 aliphatic rings. The van der Waals surface area contributed by atoms with Gasteiger partial charge in [-0.15, -0.1) is 12.4 Å². The Kier molecular flexibility index (Phi) is 7.58. The predicted molar refractivity (Wildman–Crippen MR) is 118 cm³/mol. The van der Waals surface area contributed by atoms with Crippen LogP contribution in [0.5, 0.6) is 5.06 Å². The first kappa shape index (κ1) is 25.6. The molecule has 1 aliphatic heterocycles. The van der Waals surface area contributed by atoms with Crippen LogP contribution in [0.2, 0.25) is 0 Å². The lowest BCUT2D eigenvalue weighted by molar-refractivity contribution is -0.137. The smallest absolute Gasteiger partial charge is 0.418 e. The minimum atomic E-state index is -5.03. The maximum Gasteiger partial charge on any atom is 0.418 e. The molecule has 4 N–H and O–H groups in total. The summed E-state index contributed by atoms with van der Waals surface area (Å²) >= 11 is 0.970. The Balaban J connectivity index is 0.00000324. The first-order chi connectivity index (χ1) is 15.6. The van der Waals surface area contributed by atoms with Gasteiger partial charge in [-0.2, -0.15) is 17.5 Å². The van der Waals surface area contributed by atoms with Gasteiger partial charge in [0.2, 0.25) is 5.06 Å². The molecule has 0 radical (unpaired) electrons. The Bertz CT molecular complexity index is 1180. The lowest BCUT2D eigenvalue weighted by Gasteiger charge is -2.26. The van der Waals surface area contributed by atoms with Crippen LogP contribution in [0.25, 0.3) is 11.3 Å². The van der Waals surface area contributed by atoms with Gasteiger partial charge >= 0.3 is 6.18 Å². The van der Waals surface area contributed by atoms with E-state index in [1.165, 1.54) is 6.20 Å². The number of rotatable bonds is 6. The number of amides is 1. The number of hydrogen-bond donors (Lipinski definition) is 3. The van der Waals surface area contributed by atoms with Gasteiger partial charge < -0.3 is 21.1 Å². The van der Waals surface area contributed by atoms with Crippen LogP contribution in [0, 0.1) is 17.6 Å². The van der Waals surface area contributed by atoms with Crippen LogP contribution in [0.15, 0.2) is 30.5 Å². The highest BCUT2D eigenvalue weighted by molar-refractivity contribution is 7.08. The van der Waals surface area contributed by atoms with Gasteiger partial charge in [0.15, 0.2) is 5.69 Å². The molecular weight excluding hydrogens is 505 g/mol. The summed E-state index contributed by atoms with van der Waals surface area (Å²) in [6, 6.07) is 3.00. The summed E-state index contributed by atoms with van der Waals surface area (Å²) in [4.78, 5) is 16.4. The molecule has 7 nitrogen and oxygen atoms in total. The van der Waals surface area contributed by atoms with E-state index in [4.69, 9.17) is 10.5 Å². The molecule has 2 aromatic heterocycles. The number of aromatic nitrogens is 2. The maximum absolute atomic E-state index is 14.3. The van der Waals surface area contributed by atoms with E-state index in [1.54, 1.807) is 0 Å². The van der Waals surface area contributed by atoms with Crippen molar-refractivity contribution in [1.82, 2.24) is 14.7 Å². The van der Waals surface area contributed by atoms with Gasteiger partial charge in [-0.05, 0) is 18.2 Å². The van der Waals surface area contributed by atoms with E-state index in [1.807, 2.05) is 0 Å². The largest absolute Gasteiger partial charge is 0.481 e. The predicted octanol–water partition coefficient (Wildman–Crippen LogP) is 4.36. The number of nitrogens with two attached hydrogens (primary N) is 1. The Hall–Kier alpha value is -3.03. The molecule has 3 heterocycles. The number of nitrogens with one attached hydrogen (secondary N) is 2. The highest BCUT2D eigenvalue weighted by Gasteiger charge is 2.37. The van der Waals surface area contributed by atoms with Gasteiger partial charge in [-0.1, -0.05) is 6.07 Å². The standard InChI is InChI=1S/C20H16F5N5O2S.ClH/c21-11-2-1-3-12(22)15(11)16-10(20(23,24)25)4-13(26)17(30-16)18(31)29-14-7-28-33-19(14)32-8-9-5-27-6-9;/h1-4,7,9,27H,5-6,8,26H2,(H,29,31);1H. The monoisotopic (exact) mass is 521 g/mol. The molecule has 1 aromatic carbocycles. The summed E-state index contributed by atoms with van der Waals surface area (Å²) in [5, 5.41) is 5.81. The SMILES string of the molecule is Cl.Nc1cc(C(F)(F)F)c(-c2c(F)cccc2F)nc1C(=O)Nc1cnsc1OCC1CNC1. The van der Waals surface area contributed by atoms with Gasteiger partial charge in [-0.3, -0.25) is 4.79 Å². The summed E-state index contributed by atoms with van der Waals surface area (Å²) < 4.78 is 78.9. The fourth-order valence-corrected chi connectivity index (χ4v) is 3.68. The molecule has 0 saturated carbocycles. The molecular formula is C20H17ClF5N5O2S. The minimum Gasteiger partial charge on any atom is -0.481 e. The second-order valence-electron chi connectivity index (χ2n) is 7.23. The second kappa shape index (κ2) is 10.1. The average molecular weight is 522 g/mol. The molecule has 4 rings (SSSR count). The van der Waals surface area contributed by atoms with Crippen molar-refractivity contribution in [3.05, 3.63) is 53.4 Å². The van der Waals surface area contributed by atoms with E-state index in [0.29, 0.717) is 23.7 Å². The molecule has 1 amide bonds.